The van der Waals surface area contributed by atoms with Gasteiger partial charge in [0.15, 0.2) is 0 Å². The smallest absolute Gasteiger partial charge is 0.345 e. The van der Waals surface area contributed by atoms with Crippen molar-refractivity contribution < 1.29 is 27.8 Å². The number of carboxylic acids is 1. The molecule has 1 rings (SSSR count). The van der Waals surface area contributed by atoms with Gasteiger partial charge in [0.05, 0.1) is 18.1 Å². The van der Waals surface area contributed by atoms with Gasteiger partial charge in [-0.25, -0.2) is 13.2 Å². The van der Waals surface area contributed by atoms with E-state index in [1.807, 2.05) is 0 Å². The summed E-state index contributed by atoms with van der Waals surface area (Å²) in [5.74, 6) is -1.14. The third kappa shape index (κ3) is 4.25. The van der Waals surface area contributed by atoms with E-state index in [2.05, 4.69) is 0 Å². The van der Waals surface area contributed by atoms with Crippen molar-refractivity contribution >= 4 is 27.3 Å². The molecule has 114 valence electrons. The van der Waals surface area contributed by atoms with E-state index < -0.39 is 16.0 Å². The molecule has 7 nitrogen and oxygen atoms in total. The first-order chi connectivity index (χ1) is 9.43. The zero-order chi connectivity index (χ0) is 15.2. The predicted molar refractivity (Wildman–Crippen MR) is 73.8 cm³/mol. The fraction of sp³-hybridized carbons (Fsp3) is 0.545. The molecule has 9 heteroatoms. The van der Waals surface area contributed by atoms with Gasteiger partial charge in [-0.15, -0.1) is 11.3 Å². The molecule has 0 spiro atoms. The summed E-state index contributed by atoms with van der Waals surface area (Å²) >= 11 is 0.882. The Morgan fingerprint density at radius 3 is 2.25 bits per heavy atom. The minimum absolute atomic E-state index is 0.0120. The average Bonchev–Trinajstić information content (AvgIpc) is 2.89. The predicted octanol–water partition coefficient (Wildman–Crippen LogP) is 0.730. The first-order valence-corrected chi connectivity index (χ1v) is 8.05. The number of aromatic carboxylic acids is 1. The number of hydrogen-bond donors (Lipinski definition) is 1. The topological polar surface area (TPSA) is 93.1 Å². The summed E-state index contributed by atoms with van der Waals surface area (Å²) < 4.78 is 35.8. The lowest BCUT2D eigenvalue weighted by molar-refractivity contribution is 0.0702. The van der Waals surface area contributed by atoms with Crippen molar-refractivity contribution in [2.45, 2.75) is 4.90 Å². The SMILES string of the molecule is COCCN(CCOC)S(=O)(=O)c1csc(C(=O)O)c1. The van der Waals surface area contributed by atoms with E-state index in [1.165, 1.54) is 23.9 Å². The molecule has 0 radical (unpaired) electrons. The number of rotatable bonds is 9. The Kier molecular flexibility index (Phi) is 6.56. The first-order valence-electron chi connectivity index (χ1n) is 5.73. The Labute approximate surface area is 121 Å². The first kappa shape index (κ1) is 17.1. The summed E-state index contributed by atoms with van der Waals surface area (Å²) in [4.78, 5) is 10.8. The number of carboxylic acid groups (broad SMARTS) is 1. The fourth-order valence-corrected chi connectivity index (χ4v) is 3.96. The van der Waals surface area contributed by atoms with Crippen LogP contribution in [0, 0.1) is 0 Å². The van der Waals surface area contributed by atoms with Crippen LogP contribution in [0.15, 0.2) is 16.3 Å². The van der Waals surface area contributed by atoms with Gasteiger partial charge in [0.2, 0.25) is 10.0 Å². The number of carbonyl (C=O) groups is 1. The van der Waals surface area contributed by atoms with Crippen LogP contribution in [0.25, 0.3) is 0 Å². The highest BCUT2D eigenvalue weighted by molar-refractivity contribution is 7.89. The van der Waals surface area contributed by atoms with Gasteiger partial charge in [0.25, 0.3) is 0 Å². The van der Waals surface area contributed by atoms with Crippen LogP contribution in [0.4, 0.5) is 0 Å². The lowest BCUT2D eigenvalue weighted by atomic mass is 10.5. The van der Waals surface area contributed by atoms with Gasteiger partial charge in [0, 0.05) is 32.7 Å². The van der Waals surface area contributed by atoms with E-state index >= 15 is 0 Å². The lowest BCUT2D eigenvalue weighted by Crippen LogP contribution is -2.36. The van der Waals surface area contributed by atoms with Gasteiger partial charge in [-0.05, 0) is 6.07 Å². The summed E-state index contributed by atoms with van der Waals surface area (Å²) in [5.41, 5.74) is 0. The molecule has 0 saturated carbocycles. The number of methoxy groups -OCH3 is 2. The van der Waals surface area contributed by atoms with Crippen LogP contribution >= 0.6 is 11.3 Å². The van der Waals surface area contributed by atoms with E-state index in [-0.39, 0.29) is 36.1 Å². The van der Waals surface area contributed by atoms with E-state index in [0.29, 0.717) is 0 Å². The van der Waals surface area contributed by atoms with Crippen molar-refractivity contribution in [1.82, 2.24) is 4.31 Å². The highest BCUT2D eigenvalue weighted by atomic mass is 32.2. The van der Waals surface area contributed by atoms with Crippen LogP contribution in [-0.2, 0) is 19.5 Å². The number of thiophene rings is 1. The third-order valence-electron chi connectivity index (χ3n) is 2.51. The second-order valence-corrected chi connectivity index (χ2v) is 6.69. The Morgan fingerprint density at radius 1 is 1.30 bits per heavy atom. The largest absolute Gasteiger partial charge is 0.477 e. The highest BCUT2D eigenvalue weighted by Crippen LogP contribution is 2.22. The molecule has 0 bridgehead atoms. The normalized spacial score (nSPS) is 11.9. The molecule has 0 aromatic carbocycles. The minimum atomic E-state index is -3.74. The summed E-state index contributed by atoms with van der Waals surface area (Å²) in [6.45, 7) is 0.860. The zero-order valence-electron chi connectivity index (χ0n) is 11.2. The molecule has 1 N–H and O–H groups in total. The fourth-order valence-electron chi connectivity index (χ4n) is 1.45. The van der Waals surface area contributed by atoms with Gasteiger partial charge >= 0.3 is 5.97 Å². The second-order valence-electron chi connectivity index (χ2n) is 3.84. The molecule has 20 heavy (non-hydrogen) atoms. The van der Waals surface area contributed by atoms with Gasteiger partial charge < -0.3 is 14.6 Å². The minimum Gasteiger partial charge on any atom is -0.477 e. The Bertz CT molecular complexity index is 531. The summed E-state index contributed by atoms with van der Waals surface area (Å²) in [6.07, 6.45) is 0. The molecule has 1 aromatic heterocycles. The van der Waals surface area contributed by atoms with Gasteiger partial charge in [-0.2, -0.15) is 4.31 Å². The van der Waals surface area contributed by atoms with Crippen LogP contribution in [0.2, 0.25) is 0 Å². The maximum atomic E-state index is 12.4. The van der Waals surface area contributed by atoms with E-state index in [0.717, 1.165) is 17.4 Å². The van der Waals surface area contributed by atoms with Crippen LogP contribution in [-0.4, -0.2) is 64.3 Å². The van der Waals surface area contributed by atoms with Crippen molar-refractivity contribution in [3.8, 4) is 0 Å². The van der Waals surface area contributed by atoms with E-state index in [9.17, 15) is 13.2 Å². The van der Waals surface area contributed by atoms with Crippen LogP contribution < -0.4 is 0 Å². The number of ether oxygens (including phenoxy) is 2. The molecule has 0 unspecified atom stereocenters. The highest BCUT2D eigenvalue weighted by Gasteiger charge is 2.26. The van der Waals surface area contributed by atoms with Gasteiger partial charge in [-0.3, -0.25) is 0 Å². The Hall–Kier alpha value is -1.00. The lowest BCUT2D eigenvalue weighted by Gasteiger charge is -2.20. The molecule has 0 atom stereocenters. The van der Waals surface area contributed by atoms with Crippen molar-refractivity contribution in [2.75, 3.05) is 40.5 Å². The van der Waals surface area contributed by atoms with E-state index in [4.69, 9.17) is 14.6 Å². The Morgan fingerprint density at radius 2 is 1.85 bits per heavy atom. The molecule has 0 amide bonds. The van der Waals surface area contributed by atoms with Crippen molar-refractivity contribution in [2.24, 2.45) is 0 Å². The van der Waals surface area contributed by atoms with Crippen LogP contribution in [0.3, 0.4) is 0 Å². The number of sulfonamides is 1. The third-order valence-corrected chi connectivity index (χ3v) is 5.46. The maximum Gasteiger partial charge on any atom is 0.345 e. The molecule has 0 fully saturated rings. The molecule has 0 aliphatic carbocycles. The number of nitrogens with zero attached hydrogens (tertiary/aromatic N) is 1. The van der Waals surface area contributed by atoms with Crippen molar-refractivity contribution in [3.05, 3.63) is 16.3 Å². The molecule has 0 aliphatic heterocycles. The molecule has 1 aromatic rings. The molecular weight excluding hydrogens is 306 g/mol. The van der Waals surface area contributed by atoms with Gasteiger partial charge in [0.1, 0.15) is 4.88 Å². The zero-order valence-corrected chi connectivity index (χ0v) is 12.9. The van der Waals surface area contributed by atoms with Crippen LogP contribution in [0.1, 0.15) is 9.67 Å². The monoisotopic (exact) mass is 323 g/mol. The Balaban J connectivity index is 2.97. The summed E-state index contributed by atoms with van der Waals surface area (Å²) in [6, 6.07) is 1.16. The second kappa shape index (κ2) is 7.70. The quantitative estimate of drug-likeness (QED) is 0.720. The van der Waals surface area contributed by atoms with E-state index in [1.54, 1.807) is 0 Å². The van der Waals surface area contributed by atoms with Crippen LogP contribution in [0.5, 0.6) is 0 Å². The maximum absolute atomic E-state index is 12.4. The molecule has 0 aliphatic rings. The molecular formula is C11H17NO6S2. The molecule has 1 heterocycles. The average molecular weight is 323 g/mol. The molecule has 0 saturated heterocycles. The van der Waals surface area contributed by atoms with Crippen molar-refractivity contribution in [1.29, 1.82) is 0 Å². The standard InChI is InChI=1S/C11H17NO6S2/c1-17-5-3-12(4-6-18-2)20(15,16)9-7-10(11(13)14)19-8-9/h7-8H,3-6H2,1-2H3,(H,13,14). The van der Waals surface area contributed by atoms with Crippen molar-refractivity contribution in [3.63, 3.8) is 0 Å². The number of hydrogen-bond acceptors (Lipinski definition) is 6. The van der Waals surface area contributed by atoms with Gasteiger partial charge in [-0.1, -0.05) is 0 Å². The summed E-state index contributed by atoms with van der Waals surface area (Å²) in [5, 5.41) is 10.2. The summed E-state index contributed by atoms with van der Waals surface area (Å²) in [7, 11) is -0.777.